The molecule has 1 heterocycles. The Balaban J connectivity index is 2.17. The van der Waals surface area contributed by atoms with Gasteiger partial charge in [-0.1, -0.05) is 33.6 Å². The molecule has 0 saturated heterocycles. The Morgan fingerprint density at radius 2 is 1.88 bits per heavy atom. The maximum absolute atomic E-state index is 12.6. The highest BCUT2D eigenvalue weighted by Crippen LogP contribution is 2.23. The van der Waals surface area contributed by atoms with Crippen molar-refractivity contribution < 1.29 is 13.2 Å². The lowest BCUT2D eigenvalue weighted by Crippen LogP contribution is -2.43. The number of hydrogen-bond acceptors (Lipinski definition) is 4. The van der Waals surface area contributed by atoms with E-state index in [1.807, 2.05) is 0 Å². The molecular weight excluding hydrogens is 354 g/mol. The third-order valence-corrected chi connectivity index (χ3v) is 7.10. The number of pyridine rings is 1. The van der Waals surface area contributed by atoms with Gasteiger partial charge in [0, 0.05) is 31.4 Å². The maximum Gasteiger partial charge on any atom is 0.251 e. The minimum Gasteiger partial charge on any atom is -0.352 e. The third-order valence-electron chi connectivity index (χ3n) is 5.07. The van der Waals surface area contributed by atoms with Crippen LogP contribution in [-0.4, -0.2) is 42.3 Å². The Hall–Kier alpha value is -1.67. The SMILES string of the molecule is CCN(CC)S(=O)(=O)c1ccc(=O)n(CC(=O)N[C@@H]2CCCC[C@@H]2C)c1. The lowest BCUT2D eigenvalue weighted by molar-refractivity contribution is -0.123. The van der Waals surface area contributed by atoms with Crippen LogP contribution in [0.25, 0.3) is 0 Å². The summed E-state index contributed by atoms with van der Waals surface area (Å²) in [5.74, 6) is 0.155. The maximum atomic E-state index is 12.6. The Morgan fingerprint density at radius 1 is 1.23 bits per heavy atom. The number of nitrogens with one attached hydrogen (secondary N) is 1. The zero-order valence-corrected chi connectivity index (χ0v) is 16.6. The van der Waals surface area contributed by atoms with E-state index < -0.39 is 15.6 Å². The van der Waals surface area contributed by atoms with Gasteiger partial charge in [-0.3, -0.25) is 9.59 Å². The first-order valence-corrected chi connectivity index (χ1v) is 10.7. The van der Waals surface area contributed by atoms with E-state index in [-0.39, 0.29) is 23.4 Å². The van der Waals surface area contributed by atoms with Crippen LogP contribution in [-0.2, 0) is 21.4 Å². The highest BCUT2D eigenvalue weighted by Gasteiger charge is 2.24. The van der Waals surface area contributed by atoms with E-state index in [0.717, 1.165) is 19.3 Å². The molecule has 1 N–H and O–H groups in total. The summed E-state index contributed by atoms with van der Waals surface area (Å²) in [4.78, 5) is 24.5. The lowest BCUT2D eigenvalue weighted by atomic mass is 9.86. The van der Waals surface area contributed by atoms with Crippen LogP contribution in [0.5, 0.6) is 0 Å². The fourth-order valence-corrected chi connectivity index (χ4v) is 4.91. The number of carbonyl (C=O) groups excluding carboxylic acids is 1. The van der Waals surface area contributed by atoms with Crippen molar-refractivity contribution in [1.82, 2.24) is 14.2 Å². The first-order chi connectivity index (χ1) is 12.3. The van der Waals surface area contributed by atoms with E-state index in [4.69, 9.17) is 0 Å². The first-order valence-electron chi connectivity index (χ1n) is 9.29. The minimum absolute atomic E-state index is 0.0274. The summed E-state index contributed by atoms with van der Waals surface area (Å²) in [7, 11) is -3.67. The largest absolute Gasteiger partial charge is 0.352 e. The summed E-state index contributed by atoms with van der Waals surface area (Å²) in [5.41, 5.74) is -0.393. The zero-order chi connectivity index (χ0) is 19.3. The van der Waals surface area contributed by atoms with Crippen molar-refractivity contribution in [2.45, 2.75) is 63.9 Å². The fourth-order valence-electron chi connectivity index (χ4n) is 3.44. The van der Waals surface area contributed by atoms with Gasteiger partial charge in [0.05, 0.1) is 4.90 Å². The van der Waals surface area contributed by atoms with Gasteiger partial charge in [-0.2, -0.15) is 4.31 Å². The second kappa shape index (κ2) is 8.81. The Morgan fingerprint density at radius 3 is 2.50 bits per heavy atom. The van der Waals surface area contributed by atoms with Crippen molar-refractivity contribution in [2.75, 3.05) is 13.1 Å². The molecule has 2 rings (SSSR count). The Kier molecular flexibility index (Phi) is 7.00. The summed E-state index contributed by atoms with van der Waals surface area (Å²) in [5, 5.41) is 2.99. The molecule has 26 heavy (non-hydrogen) atoms. The van der Waals surface area contributed by atoms with Crippen molar-refractivity contribution in [2.24, 2.45) is 5.92 Å². The molecule has 8 heteroatoms. The van der Waals surface area contributed by atoms with Crippen LogP contribution in [0.2, 0.25) is 0 Å². The number of rotatable bonds is 7. The average Bonchev–Trinajstić information content (AvgIpc) is 2.59. The van der Waals surface area contributed by atoms with E-state index in [1.165, 1.54) is 33.6 Å². The summed E-state index contributed by atoms with van der Waals surface area (Å²) in [6, 6.07) is 2.62. The predicted molar refractivity (Wildman–Crippen MR) is 100 cm³/mol. The van der Waals surface area contributed by atoms with Crippen molar-refractivity contribution in [3.63, 3.8) is 0 Å². The molecule has 1 amide bonds. The molecule has 1 aromatic heterocycles. The van der Waals surface area contributed by atoms with Crippen LogP contribution in [0.15, 0.2) is 28.0 Å². The monoisotopic (exact) mass is 383 g/mol. The van der Waals surface area contributed by atoms with Gasteiger partial charge >= 0.3 is 0 Å². The highest BCUT2D eigenvalue weighted by atomic mass is 32.2. The Bertz CT molecular complexity index is 784. The molecule has 1 aromatic rings. The molecule has 1 fully saturated rings. The highest BCUT2D eigenvalue weighted by molar-refractivity contribution is 7.89. The van der Waals surface area contributed by atoms with Gasteiger partial charge < -0.3 is 9.88 Å². The molecule has 0 spiro atoms. The van der Waals surface area contributed by atoms with Crippen molar-refractivity contribution >= 4 is 15.9 Å². The molecule has 0 unspecified atom stereocenters. The molecule has 0 aliphatic heterocycles. The quantitative estimate of drug-likeness (QED) is 0.774. The normalized spacial score (nSPS) is 20.9. The van der Waals surface area contributed by atoms with Gasteiger partial charge in [0.25, 0.3) is 5.56 Å². The van der Waals surface area contributed by atoms with Gasteiger partial charge in [-0.15, -0.1) is 0 Å². The molecule has 7 nitrogen and oxygen atoms in total. The van der Waals surface area contributed by atoms with Gasteiger partial charge in [-0.25, -0.2) is 8.42 Å². The molecule has 0 radical (unpaired) electrons. The average molecular weight is 384 g/mol. The standard InChI is InChI=1S/C18H29N3O4S/c1-4-21(5-2)26(24,25)15-10-11-18(23)20(12-15)13-17(22)19-16-9-7-6-8-14(16)3/h10-12,14,16H,4-9,13H2,1-3H3,(H,19,22)/t14-,16+/m0/s1. The van der Waals surface area contributed by atoms with Gasteiger partial charge in [0.2, 0.25) is 15.9 Å². The third kappa shape index (κ3) is 4.73. The smallest absolute Gasteiger partial charge is 0.251 e. The summed E-state index contributed by atoms with van der Waals surface area (Å²) < 4.78 is 27.7. The lowest BCUT2D eigenvalue weighted by Gasteiger charge is -2.29. The van der Waals surface area contributed by atoms with E-state index in [9.17, 15) is 18.0 Å². The van der Waals surface area contributed by atoms with Crippen molar-refractivity contribution in [3.05, 3.63) is 28.7 Å². The van der Waals surface area contributed by atoms with Gasteiger partial charge in [0.15, 0.2) is 0 Å². The summed E-state index contributed by atoms with van der Waals surface area (Å²) in [6.45, 7) is 6.15. The number of sulfonamides is 1. The van der Waals surface area contributed by atoms with Crippen LogP contribution in [0.1, 0.15) is 46.5 Å². The number of nitrogens with zero attached hydrogens (tertiary/aromatic N) is 2. The predicted octanol–water partition coefficient (Wildman–Crippen LogP) is 1.57. The van der Waals surface area contributed by atoms with Gasteiger partial charge in [0.1, 0.15) is 6.54 Å². The molecule has 2 atom stereocenters. The van der Waals surface area contributed by atoms with E-state index in [0.29, 0.717) is 19.0 Å². The van der Waals surface area contributed by atoms with Crippen molar-refractivity contribution in [1.29, 1.82) is 0 Å². The molecule has 0 bridgehead atoms. The second-order valence-electron chi connectivity index (χ2n) is 6.86. The van der Waals surface area contributed by atoms with Crippen molar-refractivity contribution in [3.8, 4) is 0 Å². The molecule has 0 aromatic carbocycles. The second-order valence-corrected chi connectivity index (χ2v) is 8.79. The van der Waals surface area contributed by atoms with Crippen LogP contribution in [0.3, 0.4) is 0 Å². The topological polar surface area (TPSA) is 88.5 Å². The minimum atomic E-state index is -3.67. The number of aromatic nitrogens is 1. The number of hydrogen-bond donors (Lipinski definition) is 1. The molecule has 1 saturated carbocycles. The Labute approximate surface area is 155 Å². The number of carbonyl (C=O) groups is 1. The van der Waals surface area contributed by atoms with E-state index >= 15 is 0 Å². The van der Waals surface area contributed by atoms with E-state index in [2.05, 4.69) is 12.2 Å². The first kappa shape index (κ1) is 20.6. The van der Waals surface area contributed by atoms with Crippen LogP contribution >= 0.6 is 0 Å². The van der Waals surface area contributed by atoms with Crippen LogP contribution in [0.4, 0.5) is 0 Å². The zero-order valence-electron chi connectivity index (χ0n) is 15.8. The fraction of sp³-hybridized carbons (Fsp3) is 0.667. The van der Waals surface area contributed by atoms with Crippen LogP contribution < -0.4 is 10.9 Å². The molecule has 1 aliphatic rings. The van der Waals surface area contributed by atoms with Gasteiger partial charge in [-0.05, 0) is 24.8 Å². The summed E-state index contributed by atoms with van der Waals surface area (Å²) in [6.07, 6.45) is 5.56. The summed E-state index contributed by atoms with van der Waals surface area (Å²) >= 11 is 0. The molecular formula is C18H29N3O4S. The molecule has 1 aliphatic carbocycles. The van der Waals surface area contributed by atoms with E-state index in [1.54, 1.807) is 13.8 Å². The molecule has 146 valence electrons. The van der Waals surface area contributed by atoms with Crippen LogP contribution in [0, 0.1) is 5.92 Å². The number of amides is 1.